The van der Waals surface area contributed by atoms with Crippen molar-refractivity contribution in [2.24, 2.45) is 0 Å². The number of alkyl halides is 2. The molecule has 0 saturated carbocycles. The van der Waals surface area contributed by atoms with Gasteiger partial charge in [-0.3, -0.25) is 0 Å². The van der Waals surface area contributed by atoms with Gasteiger partial charge in [-0.1, -0.05) is 60.7 Å². The van der Waals surface area contributed by atoms with Crippen LogP contribution in [0.25, 0.3) is 0 Å². The summed E-state index contributed by atoms with van der Waals surface area (Å²) in [6, 6.07) is 20.9. The van der Waals surface area contributed by atoms with Crippen molar-refractivity contribution in [1.29, 1.82) is 0 Å². The molecular weight excluding hydrogens is 430 g/mol. The summed E-state index contributed by atoms with van der Waals surface area (Å²) in [6.45, 7) is 4.34. The van der Waals surface area contributed by atoms with E-state index in [1.54, 1.807) is 36.4 Å². The Morgan fingerprint density at radius 1 is 0.647 bits per heavy atom. The topological polar surface area (TPSA) is 18.5 Å². The van der Waals surface area contributed by atoms with Gasteiger partial charge in [-0.05, 0) is 92.6 Å². The Balaban J connectivity index is 1.51. The molecule has 0 aliphatic rings. The van der Waals surface area contributed by atoms with E-state index in [-0.39, 0.29) is 11.3 Å². The van der Waals surface area contributed by atoms with Crippen LogP contribution in [-0.4, -0.2) is 0 Å². The van der Waals surface area contributed by atoms with Gasteiger partial charge >= 0.3 is 6.11 Å². The third-order valence-corrected chi connectivity index (χ3v) is 5.46. The normalized spacial score (nSPS) is 11.9. The Labute approximate surface area is 201 Å². The quantitative estimate of drug-likeness (QED) is 0.252. The lowest BCUT2D eigenvalue weighted by Gasteiger charge is -2.19. The predicted octanol–water partition coefficient (Wildman–Crippen LogP) is 8.41. The Morgan fingerprint density at radius 3 is 1.65 bits per heavy atom. The maximum Gasteiger partial charge on any atom is 0.426 e. The fourth-order valence-corrected chi connectivity index (χ4v) is 3.48. The Bertz CT molecular complexity index is 1050. The van der Waals surface area contributed by atoms with Crippen molar-refractivity contribution >= 4 is 0 Å². The molecule has 0 aliphatic heterocycles. The molecule has 2 nitrogen and oxygen atoms in total. The van der Waals surface area contributed by atoms with E-state index in [9.17, 15) is 8.78 Å². The van der Waals surface area contributed by atoms with Crippen molar-refractivity contribution < 1.29 is 18.3 Å². The summed E-state index contributed by atoms with van der Waals surface area (Å²) in [6.07, 6.45) is 8.57. The molecule has 0 amide bonds. The molecule has 0 unspecified atom stereocenters. The molecule has 3 aromatic rings. The predicted molar refractivity (Wildman–Crippen MR) is 134 cm³/mol. The van der Waals surface area contributed by atoms with Gasteiger partial charge in [-0.15, -0.1) is 0 Å². The second-order valence-corrected chi connectivity index (χ2v) is 8.11. The van der Waals surface area contributed by atoms with Crippen molar-refractivity contribution in [3.63, 3.8) is 0 Å². The van der Waals surface area contributed by atoms with E-state index in [0.717, 1.165) is 42.6 Å². The van der Waals surface area contributed by atoms with Crippen molar-refractivity contribution in [2.45, 2.75) is 52.2 Å². The molecular formula is C30H32F2O2. The number of allylic oxidation sites excluding steroid dienone is 4. The number of aryl methyl sites for hydroxylation is 2. The Morgan fingerprint density at radius 2 is 1.12 bits per heavy atom. The van der Waals surface area contributed by atoms with E-state index in [0.29, 0.717) is 6.61 Å². The van der Waals surface area contributed by atoms with Crippen molar-refractivity contribution in [3.05, 3.63) is 119 Å². The third-order valence-electron chi connectivity index (χ3n) is 5.46. The van der Waals surface area contributed by atoms with Crippen LogP contribution in [0.2, 0.25) is 0 Å². The second-order valence-electron chi connectivity index (χ2n) is 8.11. The summed E-state index contributed by atoms with van der Waals surface area (Å²) in [5.41, 5.74) is 2.99. The minimum atomic E-state index is -3.41. The fourth-order valence-electron chi connectivity index (χ4n) is 3.48. The van der Waals surface area contributed by atoms with Crippen LogP contribution in [0.4, 0.5) is 8.78 Å². The van der Waals surface area contributed by atoms with Gasteiger partial charge in [-0.2, -0.15) is 8.78 Å². The zero-order valence-corrected chi connectivity index (χ0v) is 19.8. The SMILES string of the molecule is C/C=C/CCc1ccc(OCc2ccc(OC(F)(F)c3ccc(CC/C=C/C)cc3)cc2)cc1. The van der Waals surface area contributed by atoms with Crippen LogP contribution in [0.15, 0.2) is 97.1 Å². The maximum atomic E-state index is 14.6. The second kappa shape index (κ2) is 12.7. The van der Waals surface area contributed by atoms with Gasteiger partial charge < -0.3 is 9.47 Å². The molecule has 0 spiro atoms. The molecule has 0 bridgehead atoms. The molecule has 34 heavy (non-hydrogen) atoms. The van der Waals surface area contributed by atoms with Crippen LogP contribution in [0.5, 0.6) is 11.5 Å². The first-order chi connectivity index (χ1) is 16.5. The first-order valence-corrected chi connectivity index (χ1v) is 11.7. The first kappa shape index (κ1) is 25.2. The molecule has 4 heteroatoms. The molecule has 3 rings (SSSR count). The summed E-state index contributed by atoms with van der Waals surface area (Å²) in [4.78, 5) is 0. The third kappa shape index (κ3) is 7.87. The summed E-state index contributed by atoms with van der Waals surface area (Å²) >= 11 is 0. The Hall–Kier alpha value is -3.40. The van der Waals surface area contributed by atoms with E-state index in [2.05, 4.69) is 30.4 Å². The average molecular weight is 463 g/mol. The number of hydrogen-bond donors (Lipinski definition) is 0. The maximum absolute atomic E-state index is 14.6. The molecule has 0 aromatic heterocycles. The molecule has 0 fully saturated rings. The number of rotatable bonds is 12. The smallest absolute Gasteiger partial charge is 0.426 e. The summed E-state index contributed by atoms with van der Waals surface area (Å²) in [7, 11) is 0. The van der Waals surface area contributed by atoms with Crippen molar-refractivity contribution in [3.8, 4) is 11.5 Å². The van der Waals surface area contributed by atoms with Gasteiger partial charge in [-0.25, -0.2) is 0 Å². The van der Waals surface area contributed by atoms with Gasteiger partial charge in [0.15, 0.2) is 0 Å². The van der Waals surface area contributed by atoms with Crippen LogP contribution in [0.1, 0.15) is 48.9 Å². The van der Waals surface area contributed by atoms with E-state index in [1.807, 2.05) is 32.1 Å². The molecule has 0 atom stereocenters. The van der Waals surface area contributed by atoms with Gasteiger partial charge in [0.05, 0.1) is 5.56 Å². The van der Waals surface area contributed by atoms with Gasteiger partial charge in [0.1, 0.15) is 18.1 Å². The molecule has 0 radical (unpaired) electrons. The number of halogens is 2. The minimum Gasteiger partial charge on any atom is -0.489 e. The standard InChI is InChI=1S/C30H32F2O2/c1-3-5-7-9-24-11-17-27(18-12-24)30(31,32)34-29-21-15-26(16-22-29)23-33-28-19-13-25(14-20-28)10-8-6-4-2/h3-6,11-22H,7-10,23H2,1-2H3/b5-3+,6-4+. The van der Waals surface area contributed by atoms with Crippen LogP contribution >= 0.6 is 0 Å². The summed E-state index contributed by atoms with van der Waals surface area (Å²) < 4.78 is 40.1. The van der Waals surface area contributed by atoms with Gasteiger partial charge in [0.25, 0.3) is 0 Å². The molecule has 0 N–H and O–H groups in total. The molecule has 0 aliphatic carbocycles. The van der Waals surface area contributed by atoms with Crippen LogP contribution in [-0.2, 0) is 25.6 Å². The highest BCUT2D eigenvalue weighted by Gasteiger charge is 2.34. The lowest BCUT2D eigenvalue weighted by Crippen LogP contribution is -2.21. The average Bonchev–Trinajstić information content (AvgIpc) is 2.85. The number of benzene rings is 3. The monoisotopic (exact) mass is 462 g/mol. The van der Waals surface area contributed by atoms with Crippen LogP contribution < -0.4 is 9.47 Å². The zero-order chi connectivity index (χ0) is 24.2. The van der Waals surface area contributed by atoms with Gasteiger partial charge in [0.2, 0.25) is 0 Å². The molecule has 3 aromatic carbocycles. The summed E-state index contributed by atoms with van der Waals surface area (Å²) in [5.74, 6) is 0.882. The summed E-state index contributed by atoms with van der Waals surface area (Å²) in [5, 5.41) is 0. The fraction of sp³-hybridized carbons (Fsp3) is 0.267. The highest BCUT2D eigenvalue weighted by molar-refractivity contribution is 5.31. The van der Waals surface area contributed by atoms with Crippen LogP contribution in [0.3, 0.4) is 0 Å². The first-order valence-electron chi connectivity index (χ1n) is 11.7. The minimum absolute atomic E-state index is 0.108. The molecule has 178 valence electrons. The highest BCUT2D eigenvalue weighted by Crippen LogP contribution is 2.32. The van der Waals surface area contributed by atoms with E-state index < -0.39 is 6.11 Å². The highest BCUT2D eigenvalue weighted by atomic mass is 19.3. The lowest BCUT2D eigenvalue weighted by molar-refractivity contribution is -0.185. The largest absolute Gasteiger partial charge is 0.489 e. The lowest BCUT2D eigenvalue weighted by atomic mass is 10.1. The van der Waals surface area contributed by atoms with Gasteiger partial charge in [0, 0.05) is 0 Å². The van der Waals surface area contributed by atoms with Crippen molar-refractivity contribution in [2.75, 3.05) is 0 Å². The molecule has 0 heterocycles. The van der Waals surface area contributed by atoms with E-state index in [1.165, 1.54) is 17.7 Å². The van der Waals surface area contributed by atoms with E-state index in [4.69, 9.17) is 9.47 Å². The number of ether oxygens (including phenoxy) is 2. The molecule has 0 saturated heterocycles. The van der Waals surface area contributed by atoms with Crippen LogP contribution in [0, 0.1) is 0 Å². The van der Waals surface area contributed by atoms with E-state index >= 15 is 0 Å². The van der Waals surface area contributed by atoms with Crippen molar-refractivity contribution in [1.82, 2.24) is 0 Å². The Kier molecular flexibility index (Phi) is 9.45. The number of hydrogen-bond acceptors (Lipinski definition) is 2. The zero-order valence-electron chi connectivity index (χ0n) is 19.8.